The molecule has 3 heteroatoms. The van der Waals surface area contributed by atoms with Gasteiger partial charge < -0.3 is 4.90 Å². The van der Waals surface area contributed by atoms with E-state index in [-0.39, 0.29) is 11.0 Å². The molecule has 0 bridgehead atoms. The number of hydrogen-bond acceptors (Lipinski definition) is 2. The smallest absolute Gasteiger partial charge is 0.197 e. The Kier molecular flexibility index (Phi) is 3.14. The first-order valence-electron chi connectivity index (χ1n) is 6.90. The fraction of sp³-hybridized carbons (Fsp3) is 0.438. The Morgan fingerprint density at radius 1 is 1.37 bits per heavy atom. The second-order valence-electron chi connectivity index (χ2n) is 5.45. The van der Waals surface area contributed by atoms with E-state index in [1.165, 1.54) is 16.8 Å². The molecule has 1 aromatic rings. The number of alkyl halides is 1. The minimum absolute atomic E-state index is 0.0617. The van der Waals surface area contributed by atoms with Crippen molar-refractivity contribution in [3.8, 4) is 0 Å². The first kappa shape index (κ1) is 12.7. The minimum atomic E-state index is -0.259. The van der Waals surface area contributed by atoms with Crippen LogP contribution < -0.4 is 0 Å². The summed E-state index contributed by atoms with van der Waals surface area (Å²) >= 11 is 6.36. The molecule has 1 aromatic carbocycles. The zero-order valence-corrected chi connectivity index (χ0v) is 12.2. The van der Waals surface area contributed by atoms with Crippen molar-refractivity contribution in [2.45, 2.75) is 37.7 Å². The number of rotatable bonds is 2. The zero-order valence-electron chi connectivity index (χ0n) is 11.4. The molecule has 2 aliphatic rings. The predicted molar refractivity (Wildman–Crippen MR) is 80.6 cm³/mol. The van der Waals surface area contributed by atoms with E-state index in [1.54, 1.807) is 0 Å². The topological polar surface area (TPSA) is 15.6 Å². The van der Waals surface area contributed by atoms with E-state index in [1.807, 2.05) is 6.21 Å². The Morgan fingerprint density at radius 2 is 2.11 bits per heavy atom. The minimum Gasteiger partial charge on any atom is -0.340 e. The Hall–Kier alpha value is -1.28. The summed E-state index contributed by atoms with van der Waals surface area (Å²) in [4.78, 5) is 6.63. The summed E-state index contributed by atoms with van der Waals surface area (Å²) in [6, 6.07) is 10.7. The average Bonchev–Trinajstić information content (AvgIpc) is 2.79. The molecule has 0 saturated carbocycles. The molecular formula is C16H19ClN2. The van der Waals surface area contributed by atoms with Crippen LogP contribution in [0.15, 0.2) is 46.6 Å². The first-order valence-corrected chi connectivity index (χ1v) is 7.33. The van der Waals surface area contributed by atoms with E-state index in [2.05, 4.69) is 54.1 Å². The molecule has 1 aliphatic heterocycles. The highest BCUT2D eigenvalue weighted by Crippen LogP contribution is 2.48. The van der Waals surface area contributed by atoms with Gasteiger partial charge in [0.15, 0.2) is 5.62 Å². The molecule has 2 unspecified atom stereocenters. The van der Waals surface area contributed by atoms with Crippen LogP contribution in [0, 0.1) is 0 Å². The Bertz CT molecular complexity index is 535. The molecule has 100 valence electrons. The van der Waals surface area contributed by atoms with Gasteiger partial charge in [-0.2, -0.15) is 0 Å². The standard InChI is InChI=1S/C16H19ClN2/c1-3-19-14-12(11-18-15(19)17)9-10-16(14,2)13-7-5-4-6-8-13/h4-8,11,15H,3,9-10H2,1-2H3. The molecule has 19 heavy (non-hydrogen) atoms. The Labute approximate surface area is 119 Å². The van der Waals surface area contributed by atoms with Crippen LogP contribution in [0.4, 0.5) is 0 Å². The van der Waals surface area contributed by atoms with E-state index in [4.69, 9.17) is 11.6 Å². The van der Waals surface area contributed by atoms with Gasteiger partial charge in [0.1, 0.15) is 0 Å². The second-order valence-corrected chi connectivity index (χ2v) is 5.84. The maximum absolute atomic E-state index is 6.36. The SMILES string of the molecule is CCN1C2=C(C=NC1Cl)CCC2(C)c1ccccc1. The first-order chi connectivity index (χ1) is 9.16. The maximum Gasteiger partial charge on any atom is 0.197 e. The quantitative estimate of drug-likeness (QED) is 0.589. The fourth-order valence-corrected chi connectivity index (χ4v) is 3.63. The van der Waals surface area contributed by atoms with Crippen molar-refractivity contribution in [1.29, 1.82) is 0 Å². The molecule has 0 fully saturated rings. The highest BCUT2D eigenvalue weighted by molar-refractivity contribution is 6.21. The third kappa shape index (κ3) is 1.90. The number of allylic oxidation sites excluding steroid dienone is 2. The van der Waals surface area contributed by atoms with Crippen LogP contribution in [0.25, 0.3) is 0 Å². The van der Waals surface area contributed by atoms with Crippen LogP contribution in [0.2, 0.25) is 0 Å². The Balaban J connectivity index is 2.10. The molecule has 0 amide bonds. The van der Waals surface area contributed by atoms with Gasteiger partial charge in [0.25, 0.3) is 0 Å². The molecule has 3 rings (SSSR count). The summed E-state index contributed by atoms with van der Waals surface area (Å²) in [5.74, 6) is 0. The number of benzene rings is 1. The predicted octanol–water partition coefficient (Wildman–Crippen LogP) is 3.92. The van der Waals surface area contributed by atoms with Crippen LogP contribution in [-0.2, 0) is 5.41 Å². The lowest BCUT2D eigenvalue weighted by Gasteiger charge is -2.39. The molecule has 1 aliphatic carbocycles. The Morgan fingerprint density at radius 3 is 2.79 bits per heavy atom. The molecule has 0 spiro atoms. The van der Waals surface area contributed by atoms with Crippen molar-refractivity contribution in [3.63, 3.8) is 0 Å². The van der Waals surface area contributed by atoms with E-state index in [0.29, 0.717) is 0 Å². The monoisotopic (exact) mass is 274 g/mol. The van der Waals surface area contributed by atoms with Gasteiger partial charge in [-0.1, -0.05) is 41.9 Å². The highest BCUT2D eigenvalue weighted by Gasteiger charge is 2.43. The highest BCUT2D eigenvalue weighted by atomic mass is 35.5. The van der Waals surface area contributed by atoms with Crippen LogP contribution in [0.3, 0.4) is 0 Å². The summed E-state index contributed by atoms with van der Waals surface area (Å²) in [6.45, 7) is 5.37. The molecule has 0 radical (unpaired) electrons. The number of nitrogens with zero attached hydrogens (tertiary/aromatic N) is 2. The fourth-order valence-electron chi connectivity index (χ4n) is 3.34. The number of halogens is 1. The largest absolute Gasteiger partial charge is 0.340 e. The van der Waals surface area contributed by atoms with E-state index in [0.717, 1.165) is 19.4 Å². The van der Waals surface area contributed by atoms with Gasteiger partial charge in [0.2, 0.25) is 0 Å². The number of aliphatic imine (C=N–C) groups is 1. The lowest BCUT2D eigenvalue weighted by atomic mass is 9.79. The van der Waals surface area contributed by atoms with Gasteiger partial charge in [-0.25, -0.2) is 0 Å². The molecule has 0 saturated heterocycles. The number of likely N-dealkylation sites (N-methyl/N-ethyl adjacent to an activating group) is 1. The summed E-state index contributed by atoms with van der Waals surface area (Å²) in [5, 5.41) is 0. The molecule has 0 aromatic heterocycles. The van der Waals surface area contributed by atoms with Crippen molar-refractivity contribution in [3.05, 3.63) is 47.2 Å². The third-order valence-electron chi connectivity index (χ3n) is 4.37. The average molecular weight is 275 g/mol. The molecule has 2 atom stereocenters. The van der Waals surface area contributed by atoms with Gasteiger partial charge in [-0.05, 0) is 37.8 Å². The summed E-state index contributed by atoms with van der Waals surface area (Å²) in [6.07, 6.45) is 4.20. The molecular weight excluding hydrogens is 256 g/mol. The van der Waals surface area contributed by atoms with E-state index in [9.17, 15) is 0 Å². The number of hydrogen-bond donors (Lipinski definition) is 0. The van der Waals surface area contributed by atoms with Crippen molar-refractivity contribution in [1.82, 2.24) is 4.90 Å². The van der Waals surface area contributed by atoms with Crippen LogP contribution in [0.1, 0.15) is 32.3 Å². The third-order valence-corrected chi connectivity index (χ3v) is 4.72. The second kappa shape index (κ2) is 4.68. The van der Waals surface area contributed by atoms with Crippen LogP contribution in [-0.4, -0.2) is 23.3 Å². The molecule has 1 heterocycles. The summed E-state index contributed by atoms with van der Waals surface area (Å²) in [5.41, 5.74) is 3.90. The van der Waals surface area contributed by atoms with Crippen molar-refractivity contribution in [2.24, 2.45) is 4.99 Å². The van der Waals surface area contributed by atoms with Crippen LogP contribution >= 0.6 is 11.6 Å². The van der Waals surface area contributed by atoms with Gasteiger partial charge in [-0.3, -0.25) is 4.99 Å². The van der Waals surface area contributed by atoms with E-state index < -0.39 is 0 Å². The van der Waals surface area contributed by atoms with E-state index >= 15 is 0 Å². The van der Waals surface area contributed by atoms with Crippen molar-refractivity contribution >= 4 is 17.8 Å². The van der Waals surface area contributed by atoms with Gasteiger partial charge >= 0.3 is 0 Å². The summed E-state index contributed by atoms with van der Waals surface area (Å²) in [7, 11) is 0. The van der Waals surface area contributed by atoms with Crippen molar-refractivity contribution < 1.29 is 0 Å². The zero-order chi connectivity index (χ0) is 13.5. The molecule has 2 nitrogen and oxygen atoms in total. The van der Waals surface area contributed by atoms with Gasteiger partial charge in [0, 0.05) is 23.9 Å². The summed E-state index contributed by atoms with van der Waals surface area (Å²) < 4.78 is 0. The normalized spacial score (nSPS) is 29.8. The lowest BCUT2D eigenvalue weighted by molar-refractivity contribution is 0.286. The lowest BCUT2D eigenvalue weighted by Crippen LogP contribution is -2.40. The maximum atomic E-state index is 6.36. The molecule has 0 N–H and O–H groups in total. The van der Waals surface area contributed by atoms with Gasteiger partial charge in [0.05, 0.1) is 0 Å². The van der Waals surface area contributed by atoms with Crippen molar-refractivity contribution in [2.75, 3.05) is 6.54 Å². The van der Waals surface area contributed by atoms with Crippen LogP contribution in [0.5, 0.6) is 0 Å². The van der Waals surface area contributed by atoms with Gasteiger partial charge in [-0.15, -0.1) is 0 Å².